The van der Waals surface area contributed by atoms with Gasteiger partial charge in [-0.2, -0.15) is 0 Å². The van der Waals surface area contributed by atoms with Crippen molar-refractivity contribution in [2.75, 3.05) is 0 Å². The molecule has 3 N–H and O–H groups in total. The Bertz CT molecular complexity index is 850. The van der Waals surface area contributed by atoms with E-state index in [2.05, 4.69) is 24.4 Å². The van der Waals surface area contributed by atoms with Gasteiger partial charge in [-0.3, -0.25) is 4.79 Å². The van der Waals surface area contributed by atoms with E-state index in [1.165, 1.54) is 6.08 Å². The number of rotatable bonds is 5. The van der Waals surface area contributed by atoms with Crippen molar-refractivity contribution >= 4 is 5.91 Å². The van der Waals surface area contributed by atoms with Crippen molar-refractivity contribution in [3.63, 3.8) is 0 Å². The Kier molecular flexibility index (Phi) is 15.0. The van der Waals surface area contributed by atoms with Crippen LogP contribution in [0.3, 0.4) is 0 Å². The normalized spacial score (nSPS) is 31.7. The van der Waals surface area contributed by atoms with Gasteiger partial charge in [0.05, 0.1) is 18.2 Å². The molecule has 0 radical (unpaired) electrons. The van der Waals surface area contributed by atoms with Gasteiger partial charge < -0.3 is 15.5 Å². The Morgan fingerprint density at radius 1 is 0.970 bits per heavy atom. The lowest BCUT2D eigenvalue weighted by Gasteiger charge is -2.13. The number of unbranched alkanes of at least 4 members (excludes halogenated alkanes) is 1. The van der Waals surface area contributed by atoms with Crippen LogP contribution in [0.15, 0.2) is 108 Å². The highest BCUT2D eigenvalue weighted by atomic mass is 16.3. The minimum absolute atomic E-state index is 0.126. The van der Waals surface area contributed by atoms with Gasteiger partial charge in [-0.1, -0.05) is 116 Å². The molecule has 1 heterocycles. The second-order valence-electron chi connectivity index (χ2n) is 8.00. The number of aliphatic hydroxyl groups excluding tert-OH is 2. The molecule has 0 aliphatic carbocycles. The van der Waals surface area contributed by atoms with Crippen LogP contribution in [0.4, 0.5) is 0 Å². The Labute approximate surface area is 199 Å². The molecule has 4 nitrogen and oxygen atoms in total. The standard InChI is InChI=1S/C29H39NO3/c1-4-5-6-7-8-11-19-26-20-15-18-24(2)16-10-9-12-21-27(31)28(32)23-25(3)17-13-14-22-29(33)30-26/h6-18,20,22-23,26-28,31-32H,4-5,19,21H2,1-3H3,(H,30,33)/b7-6+,11-8+,12-9-,16-10+,17-13+,20-15+,22-14+,24-18+,25-23+. The van der Waals surface area contributed by atoms with Gasteiger partial charge >= 0.3 is 0 Å². The fourth-order valence-corrected chi connectivity index (χ4v) is 2.89. The number of aliphatic hydroxyl groups is 2. The predicted octanol–water partition coefficient (Wildman–Crippen LogP) is 5.57. The van der Waals surface area contributed by atoms with Gasteiger partial charge in [0, 0.05) is 6.08 Å². The third kappa shape index (κ3) is 14.7. The SMILES string of the molecule is CCC/C=C/C=C/CC1/C=C/C=C(C)/C=C/C=C\CC(O)C(O)/C=C(C)/C=C/C=C/C(=O)N1. The van der Waals surface area contributed by atoms with Gasteiger partial charge in [0.15, 0.2) is 0 Å². The fraction of sp³-hybridized carbons (Fsp3) is 0.345. The summed E-state index contributed by atoms with van der Waals surface area (Å²) in [4.78, 5) is 12.4. The van der Waals surface area contributed by atoms with Gasteiger partial charge in [0.2, 0.25) is 5.91 Å². The number of amides is 1. The predicted molar refractivity (Wildman–Crippen MR) is 140 cm³/mol. The Balaban J connectivity index is 3.01. The van der Waals surface area contributed by atoms with Gasteiger partial charge in [0.1, 0.15) is 0 Å². The maximum atomic E-state index is 12.4. The van der Waals surface area contributed by atoms with Crippen molar-refractivity contribution in [3.05, 3.63) is 108 Å². The smallest absolute Gasteiger partial charge is 0.244 e. The van der Waals surface area contributed by atoms with Crippen molar-refractivity contribution in [2.24, 2.45) is 0 Å². The summed E-state index contributed by atoms with van der Waals surface area (Å²) in [7, 11) is 0. The molecule has 0 saturated carbocycles. The van der Waals surface area contributed by atoms with E-state index in [0.29, 0.717) is 12.8 Å². The van der Waals surface area contributed by atoms with E-state index in [1.807, 2.05) is 68.5 Å². The van der Waals surface area contributed by atoms with Crippen LogP contribution < -0.4 is 5.32 Å². The summed E-state index contributed by atoms with van der Waals surface area (Å²) in [5.41, 5.74) is 1.85. The zero-order valence-corrected chi connectivity index (χ0v) is 20.1. The van der Waals surface area contributed by atoms with Crippen molar-refractivity contribution in [3.8, 4) is 0 Å². The van der Waals surface area contributed by atoms with Crippen molar-refractivity contribution < 1.29 is 15.0 Å². The molecule has 0 bridgehead atoms. The molecule has 3 unspecified atom stereocenters. The van der Waals surface area contributed by atoms with Crippen molar-refractivity contribution in [2.45, 2.75) is 64.7 Å². The first-order valence-electron chi connectivity index (χ1n) is 11.6. The molecule has 0 saturated heterocycles. The van der Waals surface area contributed by atoms with Crippen LogP contribution >= 0.6 is 0 Å². The minimum atomic E-state index is -0.960. The molecule has 4 heteroatoms. The summed E-state index contributed by atoms with van der Waals surface area (Å²) in [6, 6.07) is -0.126. The summed E-state index contributed by atoms with van der Waals surface area (Å²) >= 11 is 0. The van der Waals surface area contributed by atoms with Crippen molar-refractivity contribution in [1.82, 2.24) is 5.32 Å². The molecular formula is C29H39NO3. The molecule has 0 aromatic carbocycles. The maximum Gasteiger partial charge on any atom is 0.244 e. The van der Waals surface area contributed by atoms with Crippen LogP contribution in [0, 0.1) is 0 Å². The first-order chi connectivity index (χ1) is 15.9. The lowest BCUT2D eigenvalue weighted by atomic mass is 10.1. The van der Waals surface area contributed by atoms with E-state index in [9.17, 15) is 15.0 Å². The van der Waals surface area contributed by atoms with E-state index >= 15 is 0 Å². The largest absolute Gasteiger partial charge is 0.390 e. The molecule has 0 fully saturated rings. The van der Waals surface area contributed by atoms with Crippen LogP contribution in [0.1, 0.15) is 46.5 Å². The van der Waals surface area contributed by atoms with E-state index in [1.54, 1.807) is 24.3 Å². The van der Waals surface area contributed by atoms with E-state index < -0.39 is 12.2 Å². The van der Waals surface area contributed by atoms with Crippen LogP contribution in [-0.4, -0.2) is 34.4 Å². The van der Waals surface area contributed by atoms with Gasteiger partial charge in [-0.25, -0.2) is 0 Å². The highest BCUT2D eigenvalue weighted by molar-refractivity contribution is 5.88. The summed E-state index contributed by atoms with van der Waals surface area (Å²) in [5, 5.41) is 23.2. The topological polar surface area (TPSA) is 69.6 Å². The summed E-state index contributed by atoms with van der Waals surface area (Å²) in [5.74, 6) is -0.179. The second kappa shape index (κ2) is 17.6. The number of carbonyl (C=O) groups excluding carboxylic acids is 1. The number of hydrogen-bond acceptors (Lipinski definition) is 3. The highest BCUT2D eigenvalue weighted by Crippen LogP contribution is 2.07. The first kappa shape index (κ1) is 28.1. The summed E-state index contributed by atoms with van der Waals surface area (Å²) < 4.78 is 0. The Hall–Kier alpha value is -2.95. The Morgan fingerprint density at radius 3 is 2.45 bits per heavy atom. The molecule has 1 aliphatic heterocycles. The molecule has 1 rings (SSSR count). The molecule has 0 aromatic heterocycles. The number of allylic oxidation sites excluding steroid dienone is 13. The molecule has 3 atom stereocenters. The molecule has 1 amide bonds. The number of hydrogen-bond donors (Lipinski definition) is 3. The minimum Gasteiger partial charge on any atom is -0.390 e. The summed E-state index contributed by atoms with van der Waals surface area (Å²) in [6.45, 7) is 5.98. The van der Waals surface area contributed by atoms with Crippen LogP contribution in [0.5, 0.6) is 0 Å². The first-order valence-corrected chi connectivity index (χ1v) is 11.6. The average molecular weight is 450 g/mol. The highest BCUT2D eigenvalue weighted by Gasteiger charge is 2.11. The van der Waals surface area contributed by atoms with Crippen LogP contribution in [0.2, 0.25) is 0 Å². The van der Waals surface area contributed by atoms with Gasteiger partial charge in [-0.15, -0.1) is 0 Å². The molecule has 178 valence electrons. The Morgan fingerprint density at radius 2 is 1.67 bits per heavy atom. The van der Waals surface area contributed by atoms with E-state index in [0.717, 1.165) is 24.0 Å². The van der Waals surface area contributed by atoms with Crippen LogP contribution in [0.25, 0.3) is 0 Å². The second-order valence-corrected chi connectivity index (χ2v) is 8.00. The van der Waals surface area contributed by atoms with Gasteiger partial charge in [0.25, 0.3) is 0 Å². The average Bonchev–Trinajstić information content (AvgIpc) is 2.77. The lowest BCUT2D eigenvalue weighted by Crippen LogP contribution is -2.31. The third-order valence-corrected chi connectivity index (χ3v) is 4.79. The summed E-state index contributed by atoms with van der Waals surface area (Å²) in [6.07, 6.45) is 31.4. The third-order valence-electron chi connectivity index (χ3n) is 4.79. The monoisotopic (exact) mass is 449 g/mol. The quantitative estimate of drug-likeness (QED) is 0.480. The molecule has 0 aromatic rings. The molecule has 1 aliphatic rings. The van der Waals surface area contributed by atoms with Crippen LogP contribution in [-0.2, 0) is 4.79 Å². The zero-order valence-electron chi connectivity index (χ0n) is 20.1. The fourth-order valence-electron chi connectivity index (χ4n) is 2.89. The maximum absolute atomic E-state index is 12.4. The molecular weight excluding hydrogens is 410 g/mol. The lowest BCUT2D eigenvalue weighted by molar-refractivity contribution is -0.116. The van der Waals surface area contributed by atoms with Gasteiger partial charge in [-0.05, 0) is 33.1 Å². The van der Waals surface area contributed by atoms with E-state index in [-0.39, 0.29) is 11.9 Å². The van der Waals surface area contributed by atoms with E-state index in [4.69, 9.17) is 0 Å². The van der Waals surface area contributed by atoms with Crippen molar-refractivity contribution in [1.29, 1.82) is 0 Å². The number of nitrogens with one attached hydrogen (secondary N) is 1. The number of carbonyl (C=O) groups is 1. The molecule has 33 heavy (non-hydrogen) atoms. The zero-order chi connectivity index (χ0) is 24.3. The molecule has 0 spiro atoms.